The van der Waals surface area contributed by atoms with Gasteiger partial charge in [0.25, 0.3) is 0 Å². The predicted molar refractivity (Wildman–Crippen MR) is 114 cm³/mol. The summed E-state index contributed by atoms with van der Waals surface area (Å²) in [5, 5.41) is 14.6. The maximum absolute atomic E-state index is 12.1. The quantitative estimate of drug-likeness (QED) is 0.348. The second kappa shape index (κ2) is 9.47. The first-order valence-corrected chi connectivity index (χ1v) is 10.1. The van der Waals surface area contributed by atoms with Crippen LogP contribution in [0.25, 0.3) is 0 Å². The molecule has 0 radical (unpaired) electrons. The molecule has 0 fully saturated rings. The lowest BCUT2D eigenvalue weighted by Gasteiger charge is -2.08. The fourth-order valence-electron chi connectivity index (χ4n) is 2.28. The Labute approximate surface area is 175 Å². The van der Waals surface area contributed by atoms with Crippen LogP contribution in [0.5, 0.6) is 5.75 Å². The zero-order valence-corrected chi connectivity index (χ0v) is 17.5. The van der Waals surface area contributed by atoms with Gasteiger partial charge in [0.15, 0.2) is 5.82 Å². The molecule has 10 heteroatoms. The molecule has 0 saturated heterocycles. The first-order valence-electron chi connectivity index (χ1n) is 8.30. The van der Waals surface area contributed by atoms with E-state index in [9.17, 15) is 4.79 Å². The summed E-state index contributed by atoms with van der Waals surface area (Å²) < 4.78 is 7.47. The molecule has 28 heavy (non-hydrogen) atoms. The Balaban J connectivity index is 1.50. The van der Waals surface area contributed by atoms with Crippen molar-refractivity contribution in [3.63, 3.8) is 0 Å². The normalized spacial score (nSPS) is 10.5. The maximum atomic E-state index is 12.1. The van der Waals surface area contributed by atoms with Crippen LogP contribution in [0.3, 0.4) is 0 Å². The minimum Gasteiger partial charge on any atom is -0.497 e. The number of nitrogens with two attached hydrogens (primary N) is 1. The van der Waals surface area contributed by atoms with Gasteiger partial charge >= 0.3 is 0 Å². The summed E-state index contributed by atoms with van der Waals surface area (Å²) in [6, 6.07) is 14.9. The van der Waals surface area contributed by atoms with Gasteiger partial charge < -0.3 is 21.2 Å². The molecule has 0 unspecified atom stereocenters. The zero-order valence-electron chi connectivity index (χ0n) is 15.1. The third-order valence-electron chi connectivity index (χ3n) is 3.74. The molecule has 0 spiro atoms. The Hall–Kier alpha value is -2.72. The molecule has 0 atom stereocenters. The SMILES string of the molecule is COc1ccc(NCc2nnc(SCC(=O)Nc3ccc(Br)cc3)n2N)cc1. The third-order valence-corrected chi connectivity index (χ3v) is 5.21. The molecule has 1 heterocycles. The molecule has 0 saturated carbocycles. The maximum Gasteiger partial charge on any atom is 0.234 e. The number of methoxy groups -OCH3 is 1. The van der Waals surface area contributed by atoms with Gasteiger partial charge in [-0.2, -0.15) is 0 Å². The fourth-order valence-corrected chi connectivity index (χ4v) is 3.22. The summed E-state index contributed by atoms with van der Waals surface area (Å²) in [7, 11) is 1.62. The van der Waals surface area contributed by atoms with E-state index in [1.807, 2.05) is 48.5 Å². The third kappa shape index (κ3) is 5.40. The minimum absolute atomic E-state index is 0.145. The lowest BCUT2D eigenvalue weighted by Crippen LogP contribution is -2.18. The van der Waals surface area contributed by atoms with Crippen molar-refractivity contribution < 1.29 is 9.53 Å². The number of nitrogen functional groups attached to an aromatic ring is 1. The molecule has 146 valence electrons. The first-order chi connectivity index (χ1) is 13.5. The minimum atomic E-state index is -0.145. The summed E-state index contributed by atoms with van der Waals surface area (Å²) in [4.78, 5) is 12.1. The van der Waals surface area contributed by atoms with E-state index >= 15 is 0 Å². The molecule has 8 nitrogen and oxygen atoms in total. The Kier molecular flexibility index (Phi) is 6.77. The van der Waals surface area contributed by atoms with Gasteiger partial charge in [0.2, 0.25) is 11.1 Å². The van der Waals surface area contributed by atoms with Crippen molar-refractivity contribution in [3.8, 4) is 5.75 Å². The van der Waals surface area contributed by atoms with Crippen LogP contribution >= 0.6 is 27.7 Å². The number of benzene rings is 2. The van der Waals surface area contributed by atoms with Crippen LogP contribution < -0.4 is 21.2 Å². The van der Waals surface area contributed by atoms with Crippen LogP contribution in [0.4, 0.5) is 11.4 Å². The van der Waals surface area contributed by atoms with Gasteiger partial charge in [0, 0.05) is 15.8 Å². The monoisotopic (exact) mass is 462 g/mol. The van der Waals surface area contributed by atoms with Crippen molar-refractivity contribution >= 4 is 45.0 Å². The highest BCUT2D eigenvalue weighted by Crippen LogP contribution is 2.19. The number of nitrogens with zero attached hydrogens (tertiary/aromatic N) is 3. The van der Waals surface area contributed by atoms with Crippen LogP contribution in [0.15, 0.2) is 58.2 Å². The predicted octanol–water partition coefficient (Wildman–Crippen LogP) is 3.11. The lowest BCUT2D eigenvalue weighted by molar-refractivity contribution is -0.113. The Morgan fingerprint density at radius 2 is 1.82 bits per heavy atom. The number of carbonyl (C=O) groups is 1. The summed E-state index contributed by atoms with van der Waals surface area (Å²) >= 11 is 4.58. The Morgan fingerprint density at radius 3 is 2.50 bits per heavy atom. The first kappa shape index (κ1) is 20.0. The fraction of sp³-hybridized carbons (Fsp3) is 0.167. The van der Waals surface area contributed by atoms with Gasteiger partial charge in [-0.05, 0) is 48.5 Å². The number of hydrogen-bond donors (Lipinski definition) is 3. The molecular formula is C18H19BrN6O2S. The number of halogens is 1. The van der Waals surface area contributed by atoms with Crippen LogP contribution in [-0.2, 0) is 11.3 Å². The zero-order chi connectivity index (χ0) is 19.9. The van der Waals surface area contributed by atoms with E-state index in [2.05, 4.69) is 36.8 Å². The molecule has 3 rings (SSSR count). The molecule has 4 N–H and O–H groups in total. The topological polar surface area (TPSA) is 107 Å². The Morgan fingerprint density at radius 1 is 1.14 bits per heavy atom. The molecule has 2 aromatic carbocycles. The van der Waals surface area contributed by atoms with E-state index in [-0.39, 0.29) is 11.7 Å². The molecule has 1 amide bonds. The molecule has 0 bridgehead atoms. The van der Waals surface area contributed by atoms with Crippen LogP contribution in [0, 0.1) is 0 Å². The number of ether oxygens (including phenoxy) is 1. The van der Waals surface area contributed by atoms with E-state index in [0.717, 1.165) is 21.6 Å². The molecule has 1 aromatic heterocycles. The van der Waals surface area contributed by atoms with Gasteiger partial charge in [-0.15, -0.1) is 10.2 Å². The largest absolute Gasteiger partial charge is 0.497 e. The second-order valence-corrected chi connectivity index (χ2v) is 7.55. The van der Waals surface area contributed by atoms with E-state index in [1.165, 1.54) is 16.4 Å². The van der Waals surface area contributed by atoms with Crippen LogP contribution in [0.1, 0.15) is 5.82 Å². The number of carbonyl (C=O) groups excluding carboxylic acids is 1. The number of amides is 1. The van der Waals surface area contributed by atoms with E-state index in [1.54, 1.807) is 7.11 Å². The van der Waals surface area contributed by atoms with Crippen molar-refractivity contribution in [2.75, 3.05) is 29.3 Å². The molecule has 0 aliphatic rings. The smallest absolute Gasteiger partial charge is 0.234 e. The van der Waals surface area contributed by atoms with Crippen molar-refractivity contribution in [3.05, 3.63) is 58.8 Å². The average Bonchev–Trinajstić information content (AvgIpc) is 3.06. The number of aromatic nitrogens is 3. The molecular weight excluding hydrogens is 444 g/mol. The van der Waals surface area contributed by atoms with Crippen LogP contribution in [0.2, 0.25) is 0 Å². The standard InChI is InChI=1S/C18H19BrN6O2S/c1-27-15-8-6-13(7-9-15)21-10-16-23-24-18(25(16)20)28-11-17(26)22-14-4-2-12(19)3-5-14/h2-9,21H,10-11,20H2,1H3,(H,22,26). The van der Waals surface area contributed by atoms with E-state index in [4.69, 9.17) is 10.6 Å². The number of anilines is 2. The van der Waals surface area contributed by atoms with E-state index in [0.29, 0.717) is 17.5 Å². The van der Waals surface area contributed by atoms with Gasteiger partial charge in [-0.1, -0.05) is 27.7 Å². The second-order valence-electron chi connectivity index (χ2n) is 5.69. The van der Waals surface area contributed by atoms with Crippen molar-refractivity contribution in [1.29, 1.82) is 0 Å². The van der Waals surface area contributed by atoms with Gasteiger partial charge in [0.05, 0.1) is 19.4 Å². The highest BCUT2D eigenvalue weighted by atomic mass is 79.9. The van der Waals surface area contributed by atoms with Gasteiger partial charge in [-0.25, -0.2) is 4.68 Å². The number of nitrogens with one attached hydrogen (secondary N) is 2. The number of hydrogen-bond acceptors (Lipinski definition) is 7. The summed E-state index contributed by atoms with van der Waals surface area (Å²) in [5.41, 5.74) is 1.64. The van der Waals surface area contributed by atoms with Crippen molar-refractivity contribution in [1.82, 2.24) is 14.9 Å². The lowest BCUT2D eigenvalue weighted by atomic mass is 10.3. The summed E-state index contributed by atoms with van der Waals surface area (Å²) in [6.45, 7) is 0.404. The number of rotatable bonds is 8. The molecule has 3 aromatic rings. The molecule has 0 aliphatic carbocycles. The summed E-state index contributed by atoms with van der Waals surface area (Å²) in [5.74, 6) is 7.42. The highest BCUT2D eigenvalue weighted by molar-refractivity contribution is 9.10. The van der Waals surface area contributed by atoms with Crippen molar-refractivity contribution in [2.45, 2.75) is 11.7 Å². The average molecular weight is 463 g/mol. The Bertz CT molecular complexity index is 930. The number of thioether (sulfide) groups is 1. The highest BCUT2D eigenvalue weighted by Gasteiger charge is 2.12. The van der Waals surface area contributed by atoms with E-state index < -0.39 is 0 Å². The van der Waals surface area contributed by atoms with Crippen LogP contribution in [-0.4, -0.2) is 33.6 Å². The van der Waals surface area contributed by atoms with Crippen molar-refractivity contribution in [2.24, 2.45) is 0 Å². The summed E-state index contributed by atoms with van der Waals surface area (Å²) in [6.07, 6.45) is 0. The molecule has 0 aliphatic heterocycles. The van der Waals surface area contributed by atoms with Gasteiger partial charge in [-0.3, -0.25) is 4.79 Å². The van der Waals surface area contributed by atoms with Gasteiger partial charge in [0.1, 0.15) is 5.75 Å².